The molecule has 0 radical (unpaired) electrons. The standard InChI is InChI=1S/C17H15NO3/c1-12-3-2-4-15(11-12)18-17(21)14-8-5-13(6-9-14)7-10-16(19)20/h2-11H,1H3,(H,18,21)(H,19,20). The molecule has 0 fully saturated rings. The number of hydrogen-bond donors (Lipinski definition) is 2. The molecule has 0 saturated carbocycles. The molecule has 0 atom stereocenters. The van der Waals surface area contributed by atoms with Crippen LogP contribution in [0.15, 0.2) is 54.6 Å². The Bertz CT molecular complexity index is 687. The van der Waals surface area contributed by atoms with Crippen molar-refractivity contribution in [1.82, 2.24) is 0 Å². The van der Waals surface area contributed by atoms with E-state index in [0.29, 0.717) is 5.56 Å². The topological polar surface area (TPSA) is 66.4 Å². The van der Waals surface area contributed by atoms with Crippen LogP contribution in [0.25, 0.3) is 6.08 Å². The molecule has 0 spiro atoms. The first kappa shape index (κ1) is 14.5. The summed E-state index contributed by atoms with van der Waals surface area (Å²) < 4.78 is 0. The number of carboxylic acid groups (broad SMARTS) is 1. The number of amides is 1. The number of hydrogen-bond acceptors (Lipinski definition) is 2. The number of nitrogens with one attached hydrogen (secondary N) is 1. The van der Waals surface area contributed by atoms with Crippen molar-refractivity contribution in [3.05, 3.63) is 71.3 Å². The van der Waals surface area contributed by atoms with Crippen LogP contribution < -0.4 is 5.32 Å². The third-order valence-electron chi connectivity index (χ3n) is 2.87. The van der Waals surface area contributed by atoms with Gasteiger partial charge in [0.15, 0.2) is 0 Å². The van der Waals surface area contributed by atoms with Gasteiger partial charge in [0.25, 0.3) is 5.91 Å². The van der Waals surface area contributed by atoms with Gasteiger partial charge < -0.3 is 10.4 Å². The van der Waals surface area contributed by atoms with Gasteiger partial charge in [-0.1, -0.05) is 24.3 Å². The number of carbonyl (C=O) groups is 2. The number of benzene rings is 2. The molecule has 0 aliphatic rings. The maximum atomic E-state index is 12.1. The van der Waals surface area contributed by atoms with Gasteiger partial charge in [-0.15, -0.1) is 0 Å². The summed E-state index contributed by atoms with van der Waals surface area (Å²) >= 11 is 0. The molecular formula is C17H15NO3. The van der Waals surface area contributed by atoms with E-state index in [9.17, 15) is 9.59 Å². The summed E-state index contributed by atoms with van der Waals surface area (Å²) in [6.45, 7) is 1.96. The van der Waals surface area contributed by atoms with Gasteiger partial charge in [-0.25, -0.2) is 4.79 Å². The first-order valence-electron chi connectivity index (χ1n) is 6.44. The average Bonchev–Trinajstić information content (AvgIpc) is 2.45. The van der Waals surface area contributed by atoms with E-state index in [2.05, 4.69) is 5.32 Å². The van der Waals surface area contributed by atoms with Crippen molar-refractivity contribution < 1.29 is 14.7 Å². The van der Waals surface area contributed by atoms with Gasteiger partial charge >= 0.3 is 5.97 Å². The number of rotatable bonds is 4. The lowest BCUT2D eigenvalue weighted by molar-refractivity contribution is -0.131. The highest BCUT2D eigenvalue weighted by Gasteiger charge is 2.05. The second-order valence-corrected chi connectivity index (χ2v) is 4.62. The Balaban J connectivity index is 2.08. The summed E-state index contributed by atoms with van der Waals surface area (Å²) in [5.41, 5.74) is 3.06. The maximum absolute atomic E-state index is 12.1. The van der Waals surface area contributed by atoms with Crippen LogP contribution in [0.4, 0.5) is 5.69 Å². The largest absolute Gasteiger partial charge is 0.478 e. The lowest BCUT2D eigenvalue weighted by Crippen LogP contribution is -2.11. The quantitative estimate of drug-likeness (QED) is 0.845. The number of aliphatic carboxylic acids is 1. The first-order valence-corrected chi connectivity index (χ1v) is 6.44. The Morgan fingerprint density at radius 3 is 2.43 bits per heavy atom. The fourth-order valence-corrected chi connectivity index (χ4v) is 1.84. The summed E-state index contributed by atoms with van der Waals surface area (Å²) in [7, 11) is 0. The number of carboxylic acids is 1. The number of anilines is 1. The summed E-state index contributed by atoms with van der Waals surface area (Å²) in [5.74, 6) is -1.20. The zero-order chi connectivity index (χ0) is 15.2. The molecule has 4 heteroatoms. The van der Waals surface area contributed by atoms with Crippen LogP contribution in [0, 0.1) is 6.92 Å². The molecule has 0 bridgehead atoms. The van der Waals surface area contributed by atoms with E-state index in [1.165, 1.54) is 6.08 Å². The maximum Gasteiger partial charge on any atom is 0.328 e. The Morgan fingerprint density at radius 2 is 1.81 bits per heavy atom. The Kier molecular flexibility index (Phi) is 4.51. The van der Waals surface area contributed by atoms with Gasteiger partial charge in [0.05, 0.1) is 0 Å². The van der Waals surface area contributed by atoms with Crippen molar-refractivity contribution in [2.24, 2.45) is 0 Å². The highest BCUT2D eigenvalue weighted by Crippen LogP contribution is 2.12. The smallest absolute Gasteiger partial charge is 0.328 e. The molecule has 21 heavy (non-hydrogen) atoms. The number of aryl methyl sites for hydroxylation is 1. The molecule has 0 aliphatic carbocycles. The van der Waals surface area contributed by atoms with E-state index in [1.807, 2.05) is 31.2 Å². The van der Waals surface area contributed by atoms with E-state index in [1.54, 1.807) is 24.3 Å². The Labute approximate surface area is 122 Å². The molecule has 0 aliphatic heterocycles. The van der Waals surface area contributed by atoms with Crippen LogP contribution in [0.5, 0.6) is 0 Å². The molecule has 2 rings (SSSR count). The highest BCUT2D eigenvalue weighted by molar-refractivity contribution is 6.04. The van der Waals surface area contributed by atoms with Crippen molar-refractivity contribution >= 4 is 23.6 Å². The monoisotopic (exact) mass is 281 g/mol. The van der Waals surface area contributed by atoms with Crippen LogP contribution in [0.3, 0.4) is 0 Å². The van der Waals surface area contributed by atoms with Crippen LogP contribution >= 0.6 is 0 Å². The Morgan fingerprint density at radius 1 is 1.10 bits per heavy atom. The van der Waals surface area contributed by atoms with Crippen LogP contribution in [0.1, 0.15) is 21.5 Å². The minimum absolute atomic E-state index is 0.200. The van der Waals surface area contributed by atoms with Gasteiger partial charge in [0.2, 0.25) is 0 Å². The lowest BCUT2D eigenvalue weighted by Gasteiger charge is -2.06. The zero-order valence-electron chi connectivity index (χ0n) is 11.5. The van der Waals surface area contributed by atoms with E-state index in [0.717, 1.165) is 22.9 Å². The molecule has 2 aromatic rings. The predicted octanol–water partition coefficient (Wildman–Crippen LogP) is 3.35. The van der Waals surface area contributed by atoms with E-state index >= 15 is 0 Å². The van der Waals surface area contributed by atoms with Crippen molar-refractivity contribution in [3.63, 3.8) is 0 Å². The minimum Gasteiger partial charge on any atom is -0.478 e. The van der Waals surface area contributed by atoms with Crippen molar-refractivity contribution in [3.8, 4) is 0 Å². The van der Waals surface area contributed by atoms with Crippen LogP contribution in [-0.4, -0.2) is 17.0 Å². The van der Waals surface area contributed by atoms with Crippen LogP contribution in [-0.2, 0) is 4.79 Å². The molecule has 106 valence electrons. The molecule has 2 N–H and O–H groups in total. The molecule has 0 unspecified atom stereocenters. The SMILES string of the molecule is Cc1cccc(NC(=O)c2ccc(C=CC(=O)O)cc2)c1. The third kappa shape index (κ3) is 4.31. The van der Waals surface area contributed by atoms with Gasteiger partial charge in [-0.05, 0) is 48.4 Å². The molecular weight excluding hydrogens is 266 g/mol. The predicted molar refractivity (Wildman–Crippen MR) is 82.2 cm³/mol. The normalized spacial score (nSPS) is 10.5. The minimum atomic E-state index is -1.00. The van der Waals surface area contributed by atoms with Gasteiger partial charge in [-0.3, -0.25) is 4.79 Å². The van der Waals surface area contributed by atoms with Gasteiger partial charge in [-0.2, -0.15) is 0 Å². The average molecular weight is 281 g/mol. The summed E-state index contributed by atoms with van der Waals surface area (Å²) in [5, 5.41) is 11.4. The second-order valence-electron chi connectivity index (χ2n) is 4.62. The van der Waals surface area contributed by atoms with Gasteiger partial charge in [0, 0.05) is 17.3 Å². The molecule has 1 amide bonds. The Hall–Kier alpha value is -2.88. The molecule has 2 aromatic carbocycles. The summed E-state index contributed by atoms with van der Waals surface area (Å²) in [4.78, 5) is 22.5. The van der Waals surface area contributed by atoms with Gasteiger partial charge in [0.1, 0.15) is 0 Å². The molecule has 0 aromatic heterocycles. The molecule has 0 heterocycles. The van der Waals surface area contributed by atoms with Crippen molar-refractivity contribution in [1.29, 1.82) is 0 Å². The van der Waals surface area contributed by atoms with E-state index < -0.39 is 5.97 Å². The third-order valence-corrected chi connectivity index (χ3v) is 2.87. The molecule has 0 saturated heterocycles. The van der Waals surface area contributed by atoms with Crippen molar-refractivity contribution in [2.45, 2.75) is 6.92 Å². The zero-order valence-corrected chi connectivity index (χ0v) is 11.5. The lowest BCUT2D eigenvalue weighted by atomic mass is 10.1. The van der Waals surface area contributed by atoms with Crippen LogP contribution in [0.2, 0.25) is 0 Å². The molecule has 4 nitrogen and oxygen atoms in total. The van der Waals surface area contributed by atoms with Crippen molar-refractivity contribution in [2.75, 3.05) is 5.32 Å². The fraction of sp³-hybridized carbons (Fsp3) is 0.0588. The second kappa shape index (κ2) is 6.52. The fourth-order valence-electron chi connectivity index (χ4n) is 1.84. The highest BCUT2D eigenvalue weighted by atomic mass is 16.4. The number of carbonyl (C=O) groups excluding carboxylic acids is 1. The van der Waals surface area contributed by atoms with E-state index in [-0.39, 0.29) is 5.91 Å². The summed E-state index contributed by atoms with van der Waals surface area (Å²) in [6, 6.07) is 14.3. The van der Waals surface area contributed by atoms with E-state index in [4.69, 9.17) is 5.11 Å². The summed E-state index contributed by atoms with van der Waals surface area (Å²) in [6.07, 6.45) is 2.53. The first-order chi connectivity index (χ1) is 10.0.